The second kappa shape index (κ2) is 7.51. The molecule has 2 aliphatic rings. The fourth-order valence-electron chi connectivity index (χ4n) is 3.94. The van der Waals surface area contributed by atoms with Crippen molar-refractivity contribution < 1.29 is 9.53 Å². The first-order valence-electron chi connectivity index (χ1n) is 9.17. The fraction of sp³-hybridized carbons (Fsp3) is 0.684. The number of aromatic nitrogens is 1. The summed E-state index contributed by atoms with van der Waals surface area (Å²) in [4.78, 5) is 21.9. The summed E-state index contributed by atoms with van der Waals surface area (Å²) in [6, 6.07) is 4.48. The van der Waals surface area contributed by atoms with E-state index in [0.29, 0.717) is 36.1 Å². The Morgan fingerprint density at radius 1 is 1.29 bits per heavy atom. The van der Waals surface area contributed by atoms with Crippen LogP contribution in [0.25, 0.3) is 0 Å². The van der Waals surface area contributed by atoms with E-state index in [0.717, 1.165) is 25.9 Å². The molecule has 1 amide bonds. The van der Waals surface area contributed by atoms with Gasteiger partial charge in [-0.1, -0.05) is 13.8 Å². The fourth-order valence-corrected chi connectivity index (χ4v) is 3.94. The minimum Gasteiger partial charge on any atom is -0.477 e. The van der Waals surface area contributed by atoms with Crippen molar-refractivity contribution >= 4 is 5.91 Å². The van der Waals surface area contributed by atoms with E-state index in [4.69, 9.17) is 4.74 Å². The van der Waals surface area contributed by atoms with Gasteiger partial charge in [-0.2, -0.15) is 0 Å². The molecule has 0 aliphatic carbocycles. The molecule has 1 aromatic rings. The van der Waals surface area contributed by atoms with Gasteiger partial charge in [0.15, 0.2) is 0 Å². The Balaban J connectivity index is 1.78. The standard InChI is InChI=1S/C19H29N3O2/c1-14(2)13-24-18-15(7-4-10-20-18)19(23)22-12-6-9-17(22)16-8-5-11-21(16)3/h4,7,10,14,16-17H,5-6,8-9,11-13H2,1-3H3/t16-,17+/m0/s1. The number of carbonyl (C=O) groups excluding carboxylic acids is 1. The zero-order valence-electron chi connectivity index (χ0n) is 15.1. The Kier molecular flexibility index (Phi) is 5.39. The normalized spacial score (nSPS) is 24.8. The highest BCUT2D eigenvalue weighted by molar-refractivity contribution is 5.96. The van der Waals surface area contributed by atoms with Gasteiger partial charge < -0.3 is 14.5 Å². The smallest absolute Gasteiger partial charge is 0.259 e. The lowest BCUT2D eigenvalue weighted by molar-refractivity contribution is 0.0658. The van der Waals surface area contributed by atoms with Gasteiger partial charge in [0.1, 0.15) is 5.56 Å². The summed E-state index contributed by atoms with van der Waals surface area (Å²) >= 11 is 0. The Labute approximate surface area is 145 Å². The van der Waals surface area contributed by atoms with Gasteiger partial charge in [-0.15, -0.1) is 0 Å². The van der Waals surface area contributed by atoms with Gasteiger partial charge in [0, 0.05) is 24.8 Å². The predicted octanol–water partition coefficient (Wildman–Crippen LogP) is 2.82. The van der Waals surface area contributed by atoms with Crippen molar-refractivity contribution in [3.05, 3.63) is 23.9 Å². The van der Waals surface area contributed by atoms with Crippen LogP contribution in [0.5, 0.6) is 5.88 Å². The lowest BCUT2D eigenvalue weighted by atomic mass is 10.0. The SMILES string of the molecule is CC(C)COc1ncccc1C(=O)N1CCC[C@@H]1[C@@H]1CCCN1C. The molecular formula is C19H29N3O2. The van der Waals surface area contributed by atoms with E-state index in [-0.39, 0.29) is 5.91 Å². The van der Waals surface area contributed by atoms with Crippen molar-refractivity contribution in [3.63, 3.8) is 0 Å². The molecule has 2 aliphatic heterocycles. The van der Waals surface area contributed by atoms with Crippen molar-refractivity contribution in [2.24, 2.45) is 5.92 Å². The zero-order valence-corrected chi connectivity index (χ0v) is 15.1. The molecular weight excluding hydrogens is 302 g/mol. The number of pyridine rings is 1. The topological polar surface area (TPSA) is 45.7 Å². The lowest BCUT2D eigenvalue weighted by Crippen LogP contribution is -2.47. The first-order valence-corrected chi connectivity index (χ1v) is 9.17. The average molecular weight is 331 g/mol. The zero-order chi connectivity index (χ0) is 17.1. The number of likely N-dealkylation sites (N-methyl/N-ethyl adjacent to an activating group) is 1. The number of hydrogen-bond donors (Lipinski definition) is 0. The van der Waals surface area contributed by atoms with Crippen molar-refractivity contribution in [3.8, 4) is 5.88 Å². The van der Waals surface area contributed by atoms with Crippen LogP contribution in [0.15, 0.2) is 18.3 Å². The van der Waals surface area contributed by atoms with Crippen LogP contribution in [0.1, 0.15) is 49.9 Å². The van der Waals surface area contributed by atoms with Crippen LogP contribution < -0.4 is 4.74 Å². The summed E-state index contributed by atoms with van der Waals surface area (Å²) in [5.74, 6) is 0.952. The highest BCUT2D eigenvalue weighted by atomic mass is 16.5. The summed E-state index contributed by atoms with van der Waals surface area (Å²) in [7, 11) is 2.18. The number of nitrogens with zero attached hydrogens (tertiary/aromatic N) is 3. The summed E-state index contributed by atoms with van der Waals surface area (Å²) in [5.41, 5.74) is 0.602. The van der Waals surface area contributed by atoms with E-state index < -0.39 is 0 Å². The van der Waals surface area contributed by atoms with Gasteiger partial charge in [-0.3, -0.25) is 4.79 Å². The molecule has 1 aromatic heterocycles. The molecule has 5 heteroatoms. The van der Waals surface area contributed by atoms with Gasteiger partial charge in [0.2, 0.25) is 5.88 Å². The van der Waals surface area contributed by atoms with E-state index >= 15 is 0 Å². The average Bonchev–Trinajstić information content (AvgIpc) is 3.20. The third-order valence-corrected chi connectivity index (χ3v) is 5.14. The monoisotopic (exact) mass is 331 g/mol. The molecule has 2 fully saturated rings. The molecule has 0 N–H and O–H groups in total. The van der Waals surface area contributed by atoms with Crippen molar-refractivity contribution in [1.29, 1.82) is 0 Å². The van der Waals surface area contributed by atoms with E-state index in [9.17, 15) is 4.79 Å². The van der Waals surface area contributed by atoms with E-state index in [1.165, 1.54) is 12.8 Å². The van der Waals surface area contributed by atoms with Gasteiger partial charge in [-0.25, -0.2) is 4.98 Å². The number of hydrogen-bond acceptors (Lipinski definition) is 4. The van der Waals surface area contributed by atoms with Crippen LogP contribution in [-0.4, -0.2) is 59.5 Å². The Hall–Kier alpha value is -1.62. The molecule has 3 rings (SSSR count). The van der Waals surface area contributed by atoms with Crippen LogP contribution in [0.3, 0.4) is 0 Å². The summed E-state index contributed by atoms with van der Waals surface area (Å²) in [6.07, 6.45) is 6.30. The maximum absolute atomic E-state index is 13.2. The molecule has 132 valence electrons. The highest BCUT2D eigenvalue weighted by Crippen LogP contribution is 2.31. The van der Waals surface area contributed by atoms with Crippen LogP contribution in [0.4, 0.5) is 0 Å². The summed E-state index contributed by atoms with van der Waals surface area (Å²) in [5, 5.41) is 0. The molecule has 5 nitrogen and oxygen atoms in total. The third-order valence-electron chi connectivity index (χ3n) is 5.14. The van der Waals surface area contributed by atoms with Gasteiger partial charge in [0.25, 0.3) is 5.91 Å². The lowest BCUT2D eigenvalue weighted by Gasteiger charge is -2.33. The quantitative estimate of drug-likeness (QED) is 0.832. The molecule has 0 unspecified atom stereocenters. The molecule has 2 saturated heterocycles. The largest absolute Gasteiger partial charge is 0.477 e. The predicted molar refractivity (Wildman–Crippen MR) is 94.3 cm³/mol. The van der Waals surface area contributed by atoms with Gasteiger partial charge in [0.05, 0.1) is 6.61 Å². The summed E-state index contributed by atoms with van der Waals surface area (Å²) < 4.78 is 5.79. The molecule has 0 saturated carbocycles. The van der Waals surface area contributed by atoms with Gasteiger partial charge >= 0.3 is 0 Å². The molecule has 0 aromatic carbocycles. The maximum Gasteiger partial charge on any atom is 0.259 e. The molecule has 24 heavy (non-hydrogen) atoms. The number of rotatable bonds is 5. The van der Waals surface area contributed by atoms with Crippen molar-refractivity contribution in [2.45, 2.75) is 51.6 Å². The van der Waals surface area contributed by atoms with E-state index in [1.54, 1.807) is 6.20 Å². The third kappa shape index (κ3) is 3.56. The molecule has 3 heterocycles. The van der Waals surface area contributed by atoms with Crippen molar-refractivity contribution in [1.82, 2.24) is 14.8 Å². The van der Waals surface area contributed by atoms with E-state index in [2.05, 4.69) is 35.7 Å². The maximum atomic E-state index is 13.2. The Morgan fingerprint density at radius 2 is 2.04 bits per heavy atom. The molecule has 0 spiro atoms. The van der Waals surface area contributed by atoms with Crippen molar-refractivity contribution in [2.75, 3.05) is 26.7 Å². The highest BCUT2D eigenvalue weighted by Gasteiger charge is 2.39. The number of likely N-dealkylation sites (tertiary alicyclic amines) is 2. The minimum absolute atomic E-state index is 0.0738. The number of ether oxygens (including phenoxy) is 1. The molecule has 0 radical (unpaired) electrons. The summed E-state index contributed by atoms with van der Waals surface area (Å²) in [6.45, 7) is 6.74. The van der Waals surface area contributed by atoms with Crippen LogP contribution >= 0.6 is 0 Å². The van der Waals surface area contributed by atoms with Crippen LogP contribution in [0.2, 0.25) is 0 Å². The Morgan fingerprint density at radius 3 is 2.75 bits per heavy atom. The van der Waals surface area contributed by atoms with E-state index in [1.807, 2.05) is 12.1 Å². The van der Waals surface area contributed by atoms with Crippen LogP contribution in [-0.2, 0) is 0 Å². The first-order chi connectivity index (χ1) is 11.6. The second-order valence-electron chi connectivity index (χ2n) is 7.46. The number of amides is 1. The first kappa shape index (κ1) is 17.2. The van der Waals surface area contributed by atoms with Crippen LogP contribution in [0, 0.1) is 5.92 Å². The molecule has 0 bridgehead atoms. The Bertz CT molecular complexity index is 575. The molecule has 2 atom stereocenters. The second-order valence-corrected chi connectivity index (χ2v) is 7.46. The minimum atomic E-state index is 0.0738. The van der Waals surface area contributed by atoms with Gasteiger partial charge in [-0.05, 0) is 57.3 Å². The number of carbonyl (C=O) groups is 1.